The zero-order chi connectivity index (χ0) is 15.0. The first-order valence-corrected chi connectivity index (χ1v) is 7.26. The molecule has 4 nitrogen and oxygen atoms in total. The number of aliphatic hydroxyl groups is 1. The van der Waals surface area contributed by atoms with E-state index in [1.165, 1.54) is 6.07 Å². The summed E-state index contributed by atoms with van der Waals surface area (Å²) < 4.78 is 28.8. The second kappa shape index (κ2) is 5.69. The summed E-state index contributed by atoms with van der Waals surface area (Å²) in [6.45, 7) is 4.18. The lowest BCUT2D eigenvalue weighted by Gasteiger charge is -2.35. The number of piperidine rings is 1. The normalized spacial score (nSPS) is 21.8. The van der Waals surface area contributed by atoms with E-state index in [0.717, 1.165) is 25.5 Å². The monoisotopic (exact) mass is 295 g/mol. The Balaban J connectivity index is 1.81. The third-order valence-electron chi connectivity index (χ3n) is 4.14. The average Bonchev–Trinajstić information content (AvgIpc) is 2.81. The fourth-order valence-corrected chi connectivity index (χ4v) is 3.05. The van der Waals surface area contributed by atoms with E-state index in [1.54, 1.807) is 10.9 Å². The Bertz CT molecular complexity index is 643. The lowest BCUT2D eigenvalue weighted by atomic mass is 10.1. The SMILES string of the molecule is CC(Cn1cnc2cc(F)cc(F)c21)N1CCC[C@H](O)C1. The molecular weight excluding hydrogens is 276 g/mol. The minimum absolute atomic E-state index is 0.154. The number of hydrogen-bond acceptors (Lipinski definition) is 3. The molecule has 0 radical (unpaired) electrons. The third kappa shape index (κ3) is 2.91. The van der Waals surface area contributed by atoms with Crippen LogP contribution in [-0.4, -0.2) is 44.8 Å². The second-order valence-electron chi connectivity index (χ2n) is 5.79. The first-order valence-electron chi connectivity index (χ1n) is 7.26. The predicted molar refractivity (Wildman–Crippen MR) is 75.9 cm³/mol. The molecule has 1 aliphatic heterocycles. The molecule has 1 N–H and O–H groups in total. The molecule has 1 aliphatic rings. The van der Waals surface area contributed by atoms with Crippen LogP contribution in [0, 0.1) is 11.6 Å². The summed E-state index contributed by atoms with van der Waals surface area (Å²) in [7, 11) is 0. The van der Waals surface area contributed by atoms with E-state index < -0.39 is 11.6 Å². The Morgan fingerprint density at radius 2 is 2.24 bits per heavy atom. The summed E-state index contributed by atoms with van der Waals surface area (Å²) >= 11 is 0. The zero-order valence-electron chi connectivity index (χ0n) is 12.0. The molecule has 2 aromatic rings. The number of aromatic nitrogens is 2. The van der Waals surface area contributed by atoms with Gasteiger partial charge in [0.05, 0.1) is 17.9 Å². The van der Waals surface area contributed by atoms with Gasteiger partial charge in [0.2, 0.25) is 0 Å². The van der Waals surface area contributed by atoms with Gasteiger partial charge in [-0.3, -0.25) is 4.90 Å². The van der Waals surface area contributed by atoms with Crippen molar-refractivity contribution in [2.24, 2.45) is 0 Å². The van der Waals surface area contributed by atoms with Gasteiger partial charge in [-0.15, -0.1) is 0 Å². The first-order chi connectivity index (χ1) is 10.0. The lowest BCUT2D eigenvalue weighted by molar-refractivity contribution is 0.0467. The summed E-state index contributed by atoms with van der Waals surface area (Å²) in [5.74, 6) is -1.20. The number of imidazole rings is 1. The number of fused-ring (bicyclic) bond motifs is 1. The standard InChI is InChI=1S/C15H19F2N3O/c1-10(19-4-2-3-12(21)8-19)7-20-9-18-14-6-11(16)5-13(17)15(14)20/h5-6,9-10,12,21H,2-4,7-8H2,1H3/t10?,12-/m0/s1. The highest BCUT2D eigenvalue weighted by atomic mass is 19.1. The summed E-state index contributed by atoms with van der Waals surface area (Å²) in [4.78, 5) is 6.26. The molecule has 6 heteroatoms. The fourth-order valence-electron chi connectivity index (χ4n) is 3.05. The van der Waals surface area contributed by atoms with Gasteiger partial charge in [0, 0.05) is 31.3 Å². The van der Waals surface area contributed by atoms with E-state index >= 15 is 0 Å². The van der Waals surface area contributed by atoms with Crippen LogP contribution in [-0.2, 0) is 6.54 Å². The average molecular weight is 295 g/mol. The molecule has 0 bridgehead atoms. The van der Waals surface area contributed by atoms with E-state index in [-0.39, 0.29) is 12.1 Å². The minimum Gasteiger partial charge on any atom is -0.392 e. The van der Waals surface area contributed by atoms with Crippen molar-refractivity contribution in [2.75, 3.05) is 13.1 Å². The summed E-state index contributed by atoms with van der Waals surface area (Å²) in [6.07, 6.45) is 3.07. The molecule has 1 aromatic carbocycles. The number of likely N-dealkylation sites (tertiary alicyclic amines) is 1. The molecule has 21 heavy (non-hydrogen) atoms. The van der Waals surface area contributed by atoms with Gasteiger partial charge in [-0.05, 0) is 26.3 Å². The molecule has 0 amide bonds. The van der Waals surface area contributed by atoms with Crippen molar-refractivity contribution in [3.8, 4) is 0 Å². The van der Waals surface area contributed by atoms with Gasteiger partial charge in [-0.1, -0.05) is 0 Å². The van der Waals surface area contributed by atoms with Crippen molar-refractivity contribution < 1.29 is 13.9 Å². The molecule has 1 fully saturated rings. The number of β-amino-alcohol motifs (C(OH)–C–C–N with tert-alkyl or cyclic N) is 1. The maximum Gasteiger partial charge on any atom is 0.152 e. The molecule has 0 aliphatic carbocycles. The van der Waals surface area contributed by atoms with Crippen LogP contribution in [0.3, 0.4) is 0 Å². The molecule has 1 unspecified atom stereocenters. The molecule has 1 saturated heterocycles. The number of halogens is 2. The Morgan fingerprint density at radius 3 is 3.00 bits per heavy atom. The summed E-state index contributed by atoms with van der Waals surface area (Å²) in [5.41, 5.74) is 0.666. The molecule has 3 rings (SSSR count). The molecule has 0 spiro atoms. The van der Waals surface area contributed by atoms with Crippen molar-refractivity contribution in [3.05, 3.63) is 30.1 Å². The highest BCUT2D eigenvalue weighted by Gasteiger charge is 2.23. The van der Waals surface area contributed by atoms with Crippen molar-refractivity contribution in [2.45, 2.75) is 38.5 Å². The quantitative estimate of drug-likeness (QED) is 0.943. The van der Waals surface area contributed by atoms with Crippen LogP contribution in [0.25, 0.3) is 11.0 Å². The Hall–Kier alpha value is -1.53. The molecule has 0 saturated carbocycles. The number of hydrogen-bond donors (Lipinski definition) is 1. The maximum absolute atomic E-state index is 13.9. The topological polar surface area (TPSA) is 41.3 Å². The van der Waals surface area contributed by atoms with E-state index in [0.29, 0.717) is 24.1 Å². The van der Waals surface area contributed by atoms with Crippen molar-refractivity contribution in [1.29, 1.82) is 0 Å². The zero-order valence-corrected chi connectivity index (χ0v) is 12.0. The Kier molecular flexibility index (Phi) is 3.91. The van der Waals surface area contributed by atoms with E-state index in [9.17, 15) is 13.9 Å². The van der Waals surface area contributed by atoms with Crippen molar-refractivity contribution in [1.82, 2.24) is 14.5 Å². The summed E-state index contributed by atoms with van der Waals surface area (Å²) in [5, 5.41) is 9.74. The van der Waals surface area contributed by atoms with Crippen LogP contribution >= 0.6 is 0 Å². The number of nitrogens with zero attached hydrogens (tertiary/aromatic N) is 3. The van der Waals surface area contributed by atoms with Gasteiger partial charge in [0.15, 0.2) is 5.82 Å². The maximum atomic E-state index is 13.9. The van der Waals surface area contributed by atoms with Crippen LogP contribution in [0.15, 0.2) is 18.5 Å². The number of benzene rings is 1. The lowest BCUT2D eigenvalue weighted by Crippen LogP contribution is -2.45. The van der Waals surface area contributed by atoms with Crippen LogP contribution in [0.5, 0.6) is 0 Å². The van der Waals surface area contributed by atoms with Gasteiger partial charge in [0.25, 0.3) is 0 Å². The minimum atomic E-state index is -0.613. The predicted octanol–water partition coefficient (Wildman–Crippen LogP) is 2.16. The number of rotatable bonds is 3. The van der Waals surface area contributed by atoms with E-state index in [4.69, 9.17) is 0 Å². The fraction of sp³-hybridized carbons (Fsp3) is 0.533. The largest absolute Gasteiger partial charge is 0.392 e. The van der Waals surface area contributed by atoms with Crippen LogP contribution in [0.1, 0.15) is 19.8 Å². The second-order valence-corrected chi connectivity index (χ2v) is 5.79. The van der Waals surface area contributed by atoms with Crippen LogP contribution in [0.4, 0.5) is 8.78 Å². The van der Waals surface area contributed by atoms with Crippen LogP contribution < -0.4 is 0 Å². The summed E-state index contributed by atoms with van der Waals surface area (Å²) in [6, 6.07) is 2.28. The van der Waals surface area contributed by atoms with Crippen molar-refractivity contribution >= 4 is 11.0 Å². The third-order valence-corrected chi connectivity index (χ3v) is 4.14. The van der Waals surface area contributed by atoms with Gasteiger partial charge in [-0.25, -0.2) is 13.8 Å². The molecule has 2 atom stereocenters. The van der Waals surface area contributed by atoms with Crippen molar-refractivity contribution in [3.63, 3.8) is 0 Å². The highest BCUT2D eigenvalue weighted by Crippen LogP contribution is 2.20. The first kappa shape index (κ1) is 14.4. The molecular formula is C15H19F2N3O. The smallest absolute Gasteiger partial charge is 0.152 e. The Morgan fingerprint density at radius 1 is 1.43 bits per heavy atom. The molecule has 1 aromatic heterocycles. The molecule has 114 valence electrons. The van der Waals surface area contributed by atoms with E-state index in [1.807, 2.05) is 6.92 Å². The number of aliphatic hydroxyl groups excluding tert-OH is 1. The highest BCUT2D eigenvalue weighted by molar-refractivity contribution is 5.76. The van der Waals surface area contributed by atoms with Gasteiger partial charge in [-0.2, -0.15) is 0 Å². The molecule has 2 heterocycles. The van der Waals surface area contributed by atoms with E-state index in [2.05, 4.69) is 9.88 Å². The van der Waals surface area contributed by atoms with Gasteiger partial charge >= 0.3 is 0 Å². The van der Waals surface area contributed by atoms with Gasteiger partial charge < -0.3 is 9.67 Å². The Labute approximate surface area is 122 Å². The van der Waals surface area contributed by atoms with Gasteiger partial charge in [0.1, 0.15) is 11.3 Å². The van der Waals surface area contributed by atoms with Crippen LogP contribution in [0.2, 0.25) is 0 Å².